The van der Waals surface area contributed by atoms with E-state index in [0.29, 0.717) is 44.6 Å². The van der Waals surface area contributed by atoms with Gasteiger partial charge in [-0.3, -0.25) is 19.2 Å². The van der Waals surface area contributed by atoms with Crippen molar-refractivity contribution in [1.29, 1.82) is 0 Å². The van der Waals surface area contributed by atoms with Gasteiger partial charge in [0, 0.05) is 34.9 Å². The molecule has 2 aromatic carbocycles. The monoisotopic (exact) mass is 564 g/mol. The Morgan fingerprint density at radius 2 is 1.10 bits per heavy atom. The van der Waals surface area contributed by atoms with Crippen molar-refractivity contribution in [2.75, 3.05) is 22.1 Å². The van der Waals surface area contributed by atoms with Crippen LogP contribution < -0.4 is 26.5 Å². The third kappa shape index (κ3) is 8.86. The number of hydrogen-bond donors (Lipinski definition) is 4. The number of rotatable bonds is 10. The van der Waals surface area contributed by atoms with Crippen LogP contribution in [0.3, 0.4) is 0 Å². The molecular weight excluding hydrogens is 540 g/mol. The largest absolute Gasteiger partial charge is 0.457 e. The second-order valence-corrected chi connectivity index (χ2v) is 10.1. The number of nitrogens with zero attached hydrogens (tertiary/aromatic N) is 2. The van der Waals surface area contributed by atoms with Gasteiger partial charge in [-0.15, -0.1) is 0 Å². The van der Waals surface area contributed by atoms with Crippen LogP contribution in [0.5, 0.6) is 11.5 Å². The average molecular weight is 565 g/mol. The van der Waals surface area contributed by atoms with Crippen molar-refractivity contribution < 1.29 is 14.3 Å². The van der Waals surface area contributed by atoms with Gasteiger partial charge in [0.05, 0.1) is 11.5 Å². The quantitative estimate of drug-likeness (QED) is 0.166. The lowest BCUT2D eigenvalue weighted by Gasteiger charge is -2.09. The minimum absolute atomic E-state index is 0.0918. The van der Waals surface area contributed by atoms with Crippen molar-refractivity contribution >= 4 is 46.7 Å². The van der Waals surface area contributed by atoms with Crippen LogP contribution >= 0.6 is 23.5 Å². The van der Waals surface area contributed by atoms with Gasteiger partial charge in [0.25, 0.3) is 11.1 Å². The second kappa shape index (κ2) is 12.9. The summed E-state index contributed by atoms with van der Waals surface area (Å²) in [5.74, 6) is 0.839. The Kier molecular flexibility index (Phi) is 9.18. The zero-order chi connectivity index (χ0) is 27.8. The molecule has 0 unspecified atom stereocenters. The number of amides is 2. The van der Waals surface area contributed by atoms with E-state index in [2.05, 4.69) is 30.6 Å². The van der Waals surface area contributed by atoms with E-state index in [1.54, 1.807) is 62.4 Å². The highest BCUT2D eigenvalue weighted by Crippen LogP contribution is 2.25. The molecule has 11 nitrogen and oxygen atoms in total. The van der Waals surface area contributed by atoms with Crippen LogP contribution in [0.1, 0.15) is 11.4 Å². The maximum Gasteiger partial charge on any atom is 0.251 e. The number of aromatic nitrogens is 4. The highest BCUT2D eigenvalue weighted by atomic mass is 32.2. The van der Waals surface area contributed by atoms with Crippen LogP contribution in [0.2, 0.25) is 0 Å². The van der Waals surface area contributed by atoms with E-state index in [-0.39, 0.29) is 34.4 Å². The number of aryl methyl sites for hydroxylation is 2. The van der Waals surface area contributed by atoms with Crippen molar-refractivity contribution in [3.05, 3.63) is 92.8 Å². The lowest BCUT2D eigenvalue weighted by Crippen LogP contribution is -2.15. The molecule has 0 atom stereocenters. The summed E-state index contributed by atoms with van der Waals surface area (Å²) in [7, 11) is 0. The average Bonchev–Trinajstić information content (AvgIpc) is 2.88. The third-order valence-electron chi connectivity index (χ3n) is 4.89. The molecule has 200 valence electrons. The number of hydrogen-bond acceptors (Lipinski definition) is 9. The molecule has 4 N–H and O–H groups in total. The molecule has 0 spiro atoms. The summed E-state index contributed by atoms with van der Waals surface area (Å²) in [6, 6.07) is 16.5. The summed E-state index contributed by atoms with van der Waals surface area (Å²) in [6.45, 7) is 3.43. The molecule has 0 aliphatic rings. The third-order valence-corrected chi connectivity index (χ3v) is 6.63. The summed E-state index contributed by atoms with van der Waals surface area (Å²) in [6.07, 6.45) is 0. The first kappa shape index (κ1) is 27.7. The Bertz CT molecular complexity index is 1470. The Balaban J connectivity index is 1.23. The smallest absolute Gasteiger partial charge is 0.251 e. The molecule has 2 amide bonds. The number of anilines is 2. The van der Waals surface area contributed by atoms with Crippen molar-refractivity contribution in [2.24, 2.45) is 0 Å². The fourth-order valence-corrected chi connectivity index (χ4v) is 4.69. The standard InChI is InChI=1S/C26H24N6O5S2/c1-15-11-21(33)31-25(27-15)38-13-23(35)29-17-3-7-19(8-4-17)37-20-9-5-18(6-10-20)30-24(36)14-39-26-28-16(2)12-22(34)32-26/h3-12H,13-14H2,1-2H3,(H,29,35)(H,30,36)(H,27,31,33)(H,28,32,34). The van der Waals surface area contributed by atoms with Gasteiger partial charge >= 0.3 is 0 Å². The van der Waals surface area contributed by atoms with Crippen molar-refractivity contribution in [3.8, 4) is 11.5 Å². The highest BCUT2D eigenvalue weighted by molar-refractivity contribution is 8.00. The number of nitrogens with one attached hydrogen (secondary N) is 4. The Labute approximate surface area is 231 Å². The molecule has 0 aliphatic heterocycles. The summed E-state index contributed by atoms with van der Waals surface area (Å²) in [4.78, 5) is 61.1. The van der Waals surface area contributed by atoms with Gasteiger partial charge < -0.3 is 25.3 Å². The van der Waals surface area contributed by atoms with Crippen molar-refractivity contribution in [1.82, 2.24) is 19.9 Å². The van der Waals surface area contributed by atoms with Crippen LogP contribution in [0.15, 0.2) is 80.6 Å². The first-order valence-electron chi connectivity index (χ1n) is 11.6. The molecule has 0 saturated heterocycles. The molecule has 0 radical (unpaired) electrons. The van der Waals surface area contributed by atoms with Crippen LogP contribution in [-0.2, 0) is 9.59 Å². The van der Waals surface area contributed by atoms with Crippen molar-refractivity contribution in [2.45, 2.75) is 24.2 Å². The van der Waals surface area contributed by atoms with Gasteiger partial charge in [0.15, 0.2) is 10.3 Å². The number of carbonyl (C=O) groups excluding carboxylic acids is 2. The zero-order valence-electron chi connectivity index (χ0n) is 20.9. The summed E-state index contributed by atoms with van der Waals surface area (Å²) in [5.41, 5.74) is 1.85. The molecule has 13 heteroatoms. The molecule has 0 fully saturated rings. The van der Waals surface area contributed by atoms with E-state index < -0.39 is 0 Å². The Morgan fingerprint density at radius 3 is 1.46 bits per heavy atom. The topological polar surface area (TPSA) is 159 Å². The minimum atomic E-state index is -0.259. The number of carbonyl (C=O) groups is 2. The minimum Gasteiger partial charge on any atom is -0.457 e. The SMILES string of the molecule is Cc1cc(=O)[nH]c(SCC(=O)Nc2ccc(Oc3ccc(NC(=O)CSc4nc(C)cc(=O)[nH]4)cc3)cc2)n1. The van der Waals surface area contributed by atoms with Gasteiger partial charge in [-0.1, -0.05) is 23.5 Å². The fraction of sp³-hybridized carbons (Fsp3) is 0.154. The molecule has 0 bridgehead atoms. The number of thioether (sulfide) groups is 2. The van der Waals surface area contributed by atoms with E-state index in [1.165, 1.54) is 12.1 Å². The van der Waals surface area contributed by atoms with Crippen LogP contribution in [0, 0.1) is 13.8 Å². The number of ether oxygens (including phenoxy) is 1. The maximum absolute atomic E-state index is 12.2. The number of benzene rings is 2. The van der Waals surface area contributed by atoms with Gasteiger partial charge in [-0.25, -0.2) is 9.97 Å². The summed E-state index contributed by atoms with van der Waals surface area (Å²) in [5, 5.41) is 6.35. The maximum atomic E-state index is 12.2. The van der Waals surface area contributed by atoms with E-state index in [0.717, 1.165) is 23.5 Å². The Hall–Kier alpha value is -4.36. The number of aromatic amines is 2. The first-order valence-corrected chi connectivity index (χ1v) is 13.6. The van der Waals surface area contributed by atoms with Gasteiger partial charge in [0.1, 0.15) is 11.5 Å². The highest BCUT2D eigenvalue weighted by Gasteiger charge is 2.08. The number of H-pyrrole nitrogens is 2. The fourth-order valence-electron chi connectivity index (χ4n) is 3.25. The molecule has 39 heavy (non-hydrogen) atoms. The van der Waals surface area contributed by atoms with Crippen molar-refractivity contribution in [3.63, 3.8) is 0 Å². The van der Waals surface area contributed by atoms with E-state index in [9.17, 15) is 19.2 Å². The second-order valence-electron chi connectivity index (χ2n) is 8.21. The van der Waals surface area contributed by atoms with Crippen LogP contribution in [0.4, 0.5) is 11.4 Å². The van der Waals surface area contributed by atoms with E-state index >= 15 is 0 Å². The molecule has 0 aliphatic carbocycles. The molecule has 4 rings (SSSR count). The van der Waals surface area contributed by atoms with Crippen LogP contribution in [0.25, 0.3) is 0 Å². The van der Waals surface area contributed by atoms with Crippen LogP contribution in [-0.4, -0.2) is 43.3 Å². The normalized spacial score (nSPS) is 10.6. The Morgan fingerprint density at radius 1 is 0.718 bits per heavy atom. The lowest BCUT2D eigenvalue weighted by molar-refractivity contribution is -0.114. The van der Waals surface area contributed by atoms with E-state index in [1.807, 2.05) is 0 Å². The molecule has 2 heterocycles. The lowest BCUT2D eigenvalue weighted by atomic mass is 10.3. The van der Waals surface area contributed by atoms with E-state index in [4.69, 9.17) is 4.74 Å². The predicted octanol–water partition coefficient (Wildman–Crippen LogP) is 3.72. The zero-order valence-corrected chi connectivity index (χ0v) is 22.6. The molecule has 2 aromatic heterocycles. The van der Waals surface area contributed by atoms with Gasteiger partial charge in [0.2, 0.25) is 11.8 Å². The van der Waals surface area contributed by atoms with Gasteiger partial charge in [-0.2, -0.15) is 0 Å². The predicted molar refractivity (Wildman–Crippen MR) is 151 cm³/mol. The summed E-state index contributed by atoms with van der Waals surface area (Å²) < 4.78 is 5.84. The summed E-state index contributed by atoms with van der Waals surface area (Å²) >= 11 is 2.28. The molecular formula is C26H24N6O5S2. The molecule has 0 saturated carbocycles. The first-order chi connectivity index (χ1) is 18.7. The van der Waals surface area contributed by atoms with Gasteiger partial charge in [-0.05, 0) is 62.4 Å². The molecule has 4 aromatic rings.